The van der Waals surface area contributed by atoms with Crippen LogP contribution < -0.4 is 0 Å². The predicted molar refractivity (Wildman–Crippen MR) is 80.5 cm³/mol. The minimum absolute atomic E-state index is 0.229. The summed E-state index contributed by atoms with van der Waals surface area (Å²) in [5.74, 6) is -3.57. The van der Waals surface area contributed by atoms with E-state index in [-0.39, 0.29) is 6.54 Å². The number of hydrogen-bond acceptors (Lipinski definition) is 3. The van der Waals surface area contributed by atoms with Crippen molar-refractivity contribution in [2.24, 2.45) is 0 Å². The van der Waals surface area contributed by atoms with Crippen LogP contribution in [0.15, 0.2) is 12.2 Å². The molecular weight excluding hydrogens is 290 g/mol. The summed E-state index contributed by atoms with van der Waals surface area (Å²) in [7, 11) is 0. The number of rotatable bonds is 13. The lowest BCUT2D eigenvalue weighted by Crippen LogP contribution is -2.57. The van der Waals surface area contributed by atoms with Crippen molar-refractivity contribution < 1.29 is 34.2 Å². The van der Waals surface area contributed by atoms with Crippen molar-refractivity contribution in [2.75, 3.05) is 26.2 Å². The Morgan fingerprint density at radius 1 is 0.818 bits per heavy atom. The van der Waals surface area contributed by atoms with Crippen LogP contribution in [0.1, 0.15) is 39.0 Å². The van der Waals surface area contributed by atoms with E-state index in [9.17, 15) is 14.4 Å². The molecule has 0 saturated carbocycles. The number of unbranched alkanes of at least 4 members (excludes halogenated alkanes) is 3. The van der Waals surface area contributed by atoms with Gasteiger partial charge in [0.15, 0.2) is 19.6 Å². The highest BCUT2D eigenvalue weighted by Gasteiger charge is 2.35. The maximum Gasteiger partial charge on any atom is 0.359 e. The lowest BCUT2D eigenvalue weighted by atomic mass is 10.1. The fourth-order valence-corrected chi connectivity index (χ4v) is 2.38. The molecule has 0 aliphatic rings. The molecule has 126 valence electrons. The van der Waals surface area contributed by atoms with E-state index in [4.69, 9.17) is 15.3 Å². The smallest absolute Gasteiger partial charge is 0.359 e. The monoisotopic (exact) mass is 316 g/mol. The average molecular weight is 316 g/mol. The second-order valence-electron chi connectivity index (χ2n) is 5.48. The summed E-state index contributed by atoms with van der Waals surface area (Å²) in [4.78, 5) is 32.9. The highest BCUT2D eigenvalue weighted by molar-refractivity contribution is 5.73. The Labute approximate surface area is 130 Å². The molecule has 7 nitrogen and oxygen atoms in total. The SMILES string of the molecule is CCC/C=C/CCCC[N+](CC(=O)O)(CC(=O)O)CC(=O)O. The first kappa shape index (κ1) is 20.1. The second-order valence-corrected chi connectivity index (χ2v) is 5.48. The fraction of sp³-hybridized carbons (Fsp3) is 0.667. The van der Waals surface area contributed by atoms with E-state index in [1.165, 1.54) is 0 Å². The van der Waals surface area contributed by atoms with Gasteiger partial charge in [0.2, 0.25) is 0 Å². The van der Waals surface area contributed by atoms with E-state index in [1.807, 2.05) is 6.08 Å². The summed E-state index contributed by atoms with van der Waals surface area (Å²) in [5, 5.41) is 26.9. The van der Waals surface area contributed by atoms with Crippen LogP contribution in [0.4, 0.5) is 0 Å². The number of allylic oxidation sites excluding steroid dienone is 2. The second kappa shape index (κ2) is 10.8. The third kappa shape index (κ3) is 9.93. The molecule has 0 aromatic rings. The quantitative estimate of drug-likeness (QED) is 0.270. The van der Waals surface area contributed by atoms with E-state index >= 15 is 0 Å². The standard InChI is InChI=1S/C15H25NO6/c1-2-3-4-5-6-7-8-9-16(10-13(17)18,11-14(19)20)12-15(21)22/h4-5H,2-3,6-12H2,1H3,(H2-,17,18,19,20,21,22)/p+1/b5-4+. The number of carboxylic acid groups (broad SMARTS) is 3. The van der Waals surface area contributed by atoms with E-state index in [1.54, 1.807) is 0 Å². The molecule has 0 unspecified atom stereocenters. The molecule has 7 heteroatoms. The number of hydrogen-bond donors (Lipinski definition) is 3. The Hall–Kier alpha value is -1.89. The van der Waals surface area contributed by atoms with Crippen LogP contribution in [0.5, 0.6) is 0 Å². The van der Waals surface area contributed by atoms with Crippen LogP contribution in [0, 0.1) is 0 Å². The molecule has 0 spiro atoms. The first-order chi connectivity index (χ1) is 10.3. The molecular formula is C15H26NO6+. The van der Waals surface area contributed by atoms with Crippen LogP contribution in [0.25, 0.3) is 0 Å². The Balaban J connectivity index is 4.64. The molecule has 0 aromatic carbocycles. The van der Waals surface area contributed by atoms with Crippen molar-refractivity contribution in [2.45, 2.75) is 39.0 Å². The zero-order chi connectivity index (χ0) is 17.0. The van der Waals surface area contributed by atoms with E-state index < -0.39 is 42.0 Å². The van der Waals surface area contributed by atoms with Gasteiger partial charge in [-0.15, -0.1) is 0 Å². The Morgan fingerprint density at radius 3 is 1.68 bits per heavy atom. The third-order valence-corrected chi connectivity index (χ3v) is 3.29. The summed E-state index contributed by atoms with van der Waals surface area (Å²) in [6, 6.07) is 0. The molecule has 22 heavy (non-hydrogen) atoms. The Bertz CT molecular complexity index is 364. The van der Waals surface area contributed by atoms with Crippen LogP contribution in [-0.2, 0) is 14.4 Å². The van der Waals surface area contributed by atoms with Gasteiger partial charge < -0.3 is 15.3 Å². The van der Waals surface area contributed by atoms with Crippen molar-refractivity contribution in [3.05, 3.63) is 12.2 Å². The van der Waals surface area contributed by atoms with Gasteiger partial charge in [-0.25, -0.2) is 14.4 Å². The predicted octanol–water partition coefficient (Wildman–Crippen LogP) is 1.58. The lowest BCUT2D eigenvalue weighted by molar-refractivity contribution is -0.907. The first-order valence-electron chi connectivity index (χ1n) is 7.47. The zero-order valence-corrected chi connectivity index (χ0v) is 13.0. The van der Waals surface area contributed by atoms with Gasteiger partial charge in [0.1, 0.15) is 0 Å². The van der Waals surface area contributed by atoms with E-state index in [0.717, 1.165) is 25.7 Å². The maximum atomic E-state index is 11.0. The average Bonchev–Trinajstić information content (AvgIpc) is 2.35. The lowest BCUT2D eigenvalue weighted by Gasteiger charge is -2.34. The molecule has 0 amide bonds. The molecule has 0 saturated heterocycles. The van der Waals surface area contributed by atoms with Crippen molar-refractivity contribution >= 4 is 17.9 Å². The van der Waals surface area contributed by atoms with Crippen molar-refractivity contribution in [3.63, 3.8) is 0 Å². The summed E-state index contributed by atoms with van der Waals surface area (Å²) in [5.41, 5.74) is 0. The van der Waals surface area contributed by atoms with Crippen LogP contribution in [0.3, 0.4) is 0 Å². The van der Waals surface area contributed by atoms with E-state index in [2.05, 4.69) is 13.0 Å². The van der Waals surface area contributed by atoms with Gasteiger partial charge in [-0.05, 0) is 25.7 Å². The number of nitrogens with zero attached hydrogens (tertiary/aromatic N) is 1. The molecule has 0 radical (unpaired) electrons. The van der Waals surface area contributed by atoms with Crippen molar-refractivity contribution in [1.82, 2.24) is 0 Å². The topological polar surface area (TPSA) is 112 Å². The number of carbonyl (C=O) groups is 3. The van der Waals surface area contributed by atoms with Crippen molar-refractivity contribution in [1.29, 1.82) is 0 Å². The van der Waals surface area contributed by atoms with Crippen LogP contribution >= 0.6 is 0 Å². The molecule has 3 N–H and O–H groups in total. The molecule has 0 aromatic heterocycles. The minimum atomic E-state index is -1.19. The first-order valence-corrected chi connectivity index (χ1v) is 7.47. The zero-order valence-electron chi connectivity index (χ0n) is 13.0. The molecule has 0 aliphatic heterocycles. The van der Waals surface area contributed by atoms with Gasteiger partial charge in [0, 0.05) is 0 Å². The van der Waals surface area contributed by atoms with Crippen LogP contribution in [0.2, 0.25) is 0 Å². The number of aliphatic carboxylic acids is 3. The summed E-state index contributed by atoms with van der Waals surface area (Å²) < 4.78 is -0.460. The third-order valence-electron chi connectivity index (χ3n) is 3.29. The van der Waals surface area contributed by atoms with Gasteiger partial charge in [-0.2, -0.15) is 0 Å². The van der Waals surface area contributed by atoms with Gasteiger partial charge in [0.25, 0.3) is 0 Å². The molecule has 0 aliphatic carbocycles. The fourth-order valence-electron chi connectivity index (χ4n) is 2.38. The Kier molecular flexibility index (Phi) is 9.86. The highest BCUT2D eigenvalue weighted by atomic mass is 16.4. The molecule has 0 bridgehead atoms. The number of carboxylic acids is 3. The van der Waals surface area contributed by atoms with E-state index in [0.29, 0.717) is 6.42 Å². The van der Waals surface area contributed by atoms with Gasteiger partial charge in [0.05, 0.1) is 6.54 Å². The van der Waals surface area contributed by atoms with Crippen molar-refractivity contribution in [3.8, 4) is 0 Å². The minimum Gasteiger partial charge on any atom is -0.477 e. The van der Waals surface area contributed by atoms with Crippen LogP contribution in [-0.4, -0.2) is 63.9 Å². The summed E-state index contributed by atoms with van der Waals surface area (Å²) in [6.07, 6.45) is 8.40. The van der Waals surface area contributed by atoms with Gasteiger partial charge in [-0.1, -0.05) is 25.5 Å². The maximum absolute atomic E-state index is 11.0. The molecule has 0 fully saturated rings. The molecule has 0 rings (SSSR count). The number of quaternary nitrogens is 1. The van der Waals surface area contributed by atoms with Gasteiger partial charge >= 0.3 is 17.9 Å². The van der Waals surface area contributed by atoms with Gasteiger partial charge in [-0.3, -0.25) is 4.48 Å². The highest BCUT2D eigenvalue weighted by Crippen LogP contribution is 2.11. The summed E-state index contributed by atoms with van der Waals surface area (Å²) >= 11 is 0. The Morgan fingerprint density at radius 2 is 1.27 bits per heavy atom. The normalized spacial score (nSPS) is 11.7. The summed E-state index contributed by atoms with van der Waals surface area (Å²) in [6.45, 7) is 0.825. The molecule has 0 heterocycles. The largest absolute Gasteiger partial charge is 0.477 e. The molecule has 0 atom stereocenters.